The Labute approximate surface area is 135 Å². The molecule has 1 aliphatic heterocycles. The zero-order chi connectivity index (χ0) is 15.6. The Morgan fingerprint density at radius 1 is 1.26 bits per heavy atom. The highest BCUT2D eigenvalue weighted by Gasteiger charge is 2.24. The molecule has 0 amide bonds. The zero-order valence-electron chi connectivity index (χ0n) is 13.2. The van der Waals surface area contributed by atoms with Gasteiger partial charge in [0.05, 0.1) is 13.7 Å². The highest BCUT2D eigenvalue weighted by atomic mass is 16.5. The molecule has 4 rings (SSSR count). The van der Waals surface area contributed by atoms with Crippen LogP contribution in [0.5, 0.6) is 5.75 Å². The lowest BCUT2D eigenvalue weighted by atomic mass is 10.1. The summed E-state index contributed by atoms with van der Waals surface area (Å²) >= 11 is 0. The van der Waals surface area contributed by atoms with Crippen LogP contribution in [0.2, 0.25) is 0 Å². The minimum Gasteiger partial charge on any atom is -0.496 e. The largest absolute Gasteiger partial charge is 0.496 e. The Balaban J connectivity index is 1.82. The van der Waals surface area contributed by atoms with Crippen molar-refractivity contribution in [2.75, 3.05) is 20.2 Å². The predicted octanol–water partition coefficient (Wildman–Crippen LogP) is 2.57. The normalized spacial score (nSPS) is 17.7. The van der Waals surface area contributed by atoms with Crippen LogP contribution in [-0.2, 0) is 6.54 Å². The van der Waals surface area contributed by atoms with Crippen molar-refractivity contribution >= 4 is 11.2 Å². The first-order chi connectivity index (χ1) is 11.4. The number of aromatic nitrogens is 3. The van der Waals surface area contributed by atoms with E-state index >= 15 is 0 Å². The van der Waals surface area contributed by atoms with Crippen LogP contribution in [0.25, 0.3) is 11.2 Å². The lowest BCUT2D eigenvalue weighted by Crippen LogP contribution is -2.14. The van der Waals surface area contributed by atoms with Crippen molar-refractivity contribution in [1.29, 1.82) is 0 Å². The monoisotopic (exact) mass is 308 g/mol. The Hall–Kier alpha value is -2.40. The maximum Gasteiger partial charge on any atom is 0.160 e. The summed E-state index contributed by atoms with van der Waals surface area (Å²) in [6.45, 7) is 2.76. The summed E-state index contributed by atoms with van der Waals surface area (Å²) in [4.78, 5) is 9.43. The van der Waals surface area contributed by atoms with Gasteiger partial charge in [-0.25, -0.2) is 9.97 Å². The molecule has 3 heterocycles. The molecule has 5 heteroatoms. The van der Waals surface area contributed by atoms with E-state index in [1.807, 2.05) is 36.5 Å². The first-order valence-electron chi connectivity index (χ1n) is 8.00. The summed E-state index contributed by atoms with van der Waals surface area (Å²) in [5.74, 6) is 2.47. The van der Waals surface area contributed by atoms with Crippen molar-refractivity contribution < 1.29 is 4.74 Å². The predicted molar refractivity (Wildman–Crippen MR) is 89.9 cm³/mol. The summed E-state index contributed by atoms with van der Waals surface area (Å²) in [5, 5.41) is 3.43. The summed E-state index contributed by atoms with van der Waals surface area (Å²) < 4.78 is 7.75. The smallest absolute Gasteiger partial charge is 0.160 e. The number of ether oxygens (including phenoxy) is 1. The molecule has 1 saturated heterocycles. The molecule has 0 radical (unpaired) electrons. The molecule has 0 saturated carbocycles. The van der Waals surface area contributed by atoms with Crippen LogP contribution in [0, 0.1) is 0 Å². The number of rotatable bonds is 4. The van der Waals surface area contributed by atoms with Crippen LogP contribution in [0.1, 0.15) is 23.7 Å². The van der Waals surface area contributed by atoms with Crippen LogP contribution in [0.3, 0.4) is 0 Å². The van der Waals surface area contributed by atoms with Crippen molar-refractivity contribution in [3.05, 3.63) is 54.0 Å². The van der Waals surface area contributed by atoms with E-state index in [-0.39, 0.29) is 0 Å². The van der Waals surface area contributed by atoms with Crippen molar-refractivity contribution in [2.45, 2.75) is 18.9 Å². The number of nitrogens with zero attached hydrogens (tertiary/aromatic N) is 3. The van der Waals surface area contributed by atoms with Gasteiger partial charge in [-0.2, -0.15) is 0 Å². The van der Waals surface area contributed by atoms with E-state index in [1.54, 1.807) is 7.11 Å². The Morgan fingerprint density at radius 3 is 3.00 bits per heavy atom. The quantitative estimate of drug-likeness (QED) is 0.805. The number of benzene rings is 1. The van der Waals surface area contributed by atoms with Gasteiger partial charge in [0.25, 0.3) is 0 Å². The number of methoxy groups -OCH3 is 1. The van der Waals surface area contributed by atoms with Crippen LogP contribution in [0.4, 0.5) is 0 Å². The van der Waals surface area contributed by atoms with Gasteiger partial charge in [0.15, 0.2) is 5.65 Å². The molecule has 1 aliphatic rings. The molecule has 2 aromatic heterocycles. The van der Waals surface area contributed by atoms with Crippen LogP contribution in [-0.4, -0.2) is 34.7 Å². The van der Waals surface area contributed by atoms with E-state index in [0.29, 0.717) is 5.92 Å². The maximum absolute atomic E-state index is 5.51. The molecule has 1 aromatic carbocycles. The van der Waals surface area contributed by atoms with Gasteiger partial charge in [0.1, 0.15) is 17.1 Å². The molecule has 3 aromatic rings. The van der Waals surface area contributed by atoms with E-state index in [9.17, 15) is 0 Å². The standard InChI is InChI=1S/C18H20N4O/c1-23-16-7-3-2-5-14(16)12-22-17(13-8-10-19-11-13)21-15-6-4-9-20-18(15)22/h2-7,9,13,19H,8,10-12H2,1H3. The number of nitrogens with one attached hydrogen (secondary N) is 1. The Bertz CT molecular complexity index is 821. The third-order valence-corrected chi connectivity index (χ3v) is 4.48. The number of hydrogen-bond acceptors (Lipinski definition) is 4. The molecule has 1 unspecified atom stereocenters. The van der Waals surface area contributed by atoms with Crippen molar-refractivity contribution in [3.63, 3.8) is 0 Å². The average Bonchev–Trinajstić information content (AvgIpc) is 3.23. The van der Waals surface area contributed by atoms with Gasteiger partial charge in [0.2, 0.25) is 0 Å². The second kappa shape index (κ2) is 6.01. The molecule has 0 bridgehead atoms. The average molecular weight is 308 g/mol. The molecule has 1 N–H and O–H groups in total. The molecule has 23 heavy (non-hydrogen) atoms. The summed E-state index contributed by atoms with van der Waals surface area (Å²) in [6.07, 6.45) is 2.95. The molecule has 0 aliphatic carbocycles. The molecule has 1 atom stereocenters. The highest BCUT2D eigenvalue weighted by Crippen LogP contribution is 2.28. The summed E-state index contributed by atoms with van der Waals surface area (Å²) in [6, 6.07) is 12.1. The second-order valence-electron chi connectivity index (χ2n) is 5.90. The van der Waals surface area contributed by atoms with Crippen molar-refractivity contribution in [2.24, 2.45) is 0 Å². The fraction of sp³-hybridized carbons (Fsp3) is 0.333. The number of imidazole rings is 1. The number of pyridine rings is 1. The number of hydrogen-bond donors (Lipinski definition) is 1. The first-order valence-corrected chi connectivity index (χ1v) is 8.00. The fourth-order valence-electron chi connectivity index (χ4n) is 3.32. The molecular formula is C18H20N4O. The number of para-hydroxylation sites is 1. The fourth-order valence-corrected chi connectivity index (χ4v) is 3.32. The molecule has 1 fully saturated rings. The Morgan fingerprint density at radius 2 is 2.17 bits per heavy atom. The summed E-state index contributed by atoms with van der Waals surface area (Å²) in [5.41, 5.74) is 3.05. The third kappa shape index (κ3) is 2.57. The van der Waals surface area contributed by atoms with Gasteiger partial charge in [-0.15, -0.1) is 0 Å². The van der Waals surface area contributed by atoms with Gasteiger partial charge in [-0.05, 0) is 31.2 Å². The van der Waals surface area contributed by atoms with Crippen LogP contribution >= 0.6 is 0 Å². The van der Waals surface area contributed by atoms with Gasteiger partial charge in [-0.1, -0.05) is 18.2 Å². The lowest BCUT2D eigenvalue weighted by molar-refractivity contribution is 0.408. The molecule has 5 nitrogen and oxygen atoms in total. The Kier molecular flexibility index (Phi) is 3.71. The first kappa shape index (κ1) is 14.2. The highest BCUT2D eigenvalue weighted by molar-refractivity contribution is 5.71. The van der Waals surface area contributed by atoms with Crippen LogP contribution in [0.15, 0.2) is 42.6 Å². The van der Waals surface area contributed by atoms with Gasteiger partial charge in [-0.3, -0.25) is 0 Å². The minimum absolute atomic E-state index is 0.443. The van der Waals surface area contributed by atoms with Crippen molar-refractivity contribution in [3.8, 4) is 5.75 Å². The van der Waals surface area contributed by atoms with E-state index in [4.69, 9.17) is 9.72 Å². The molecule has 0 spiro atoms. The number of fused-ring (bicyclic) bond motifs is 1. The minimum atomic E-state index is 0.443. The lowest BCUT2D eigenvalue weighted by Gasteiger charge is -2.14. The van der Waals surface area contributed by atoms with Gasteiger partial charge < -0.3 is 14.6 Å². The summed E-state index contributed by atoms with van der Waals surface area (Å²) in [7, 11) is 1.71. The molecule has 118 valence electrons. The second-order valence-corrected chi connectivity index (χ2v) is 5.90. The maximum atomic E-state index is 5.51. The molecular weight excluding hydrogens is 288 g/mol. The van der Waals surface area contributed by atoms with Gasteiger partial charge in [0, 0.05) is 24.2 Å². The third-order valence-electron chi connectivity index (χ3n) is 4.48. The van der Waals surface area contributed by atoms with E-state index in [1.165, 1.54) is 0 Å². The SMILES string of the molecule is COc1ccccc1Cn1c(C2CCNC2)nc2cccnc21. The topological polar surface area (TPSA) is 52.0 Å². The zero-order valence-corrected chi connectivity index (χ0v) is 13.2. The van der Waals surface area contributed by atoms with Crippen molar-refractivity contribution in [1.82, 2.24) is 19.9 Å². The van der Waals surface area contributed by atoms with Gasteiger partial charge >= 0.3 is 0 Å². The van der Waals surface area contributed by atoms with Crippen LogP contribution < -0.4 is 10.1 Å². The van der Waals surface area contributed by atoms with E-state index in [2.05, 4.69) is 20.9 Å². The van der Waals surface area contributed by atoms with E-state index in [0.717, 1.165) is 54.4 Å². The van der Waals surface area contributed by atoms with E-state index < -0.39 is 0 Å².